The minimum absolute atomic E-state index is 0.631. The summed E-state index contributed by atoms with van der Waals surface area (Å²) in [5, 5.41) is 3.30. The van der Waals surface area contributed by atoms with Crippen LogP contribution in [0.2, 0.25) is 0 Å². The van der Waals surface area contributed by atoms with E-state index in [0.717, 1.165) is 29.6 Å². The highest BCUT2D eigenvalue weighted by Crippen LogP contribution is 2.12. The van der Waals surface area contributed by atoms with Crippen molar-refractivity contribution in [2.24, 2.45) is 0 Å². The Morgan fingerprint density at radius 2 is 2.11 bits per heavy atom. The van der Waals surface area contributed by atoms with Gasteiger partial charge in [-0.1, -0.05) is 12.1 Å². The molecule has 1 aromatic carbocycles. The van der Waals surface area contributed by atoms with Crippen molar-refractivity contribution in [2.75, 3.05) is 7.11 Å². The normalized spacial score (nSPS) is 10.6. The molecule has 0 aliphatic rings. The molecule has 0 radical (unpaired) electrons. The van der Waals surface area contributed by atoms with Gasteiger partial charge in [0.25, 0.3) is 0 Å². The van der Waals surface area contributed by atoms with Gasteiger partial charge in [-0.2, -0.15) is 0 Å². The van der Waals surface area contributed by atoms with Gasteiger partial charge in [0.05, 0.1) is 19.3 Å². The van der Waals surface area contributed by atoms with Crippen LogP contribution in [-0.4, -0.2) is 12.1 Å². The average molecular weight is 246 g/mol. The standard InChI is InChI=1S/C14H18N2O2/c1-10-11(2)18-14(16-10)9-15-8-12-5-4-6-13(7-12)17-3/h4-7,15H,8-9H2,1-3H3. The number of nitrogens with zero attached hydrogens (tertiary/aromatic N) is 1. The van der Waals surface area contributed by atoms with E-state index in [9.17, 15) is 0 Å². The SMILES string of the molecule is COc1cccc(CNCc2nc(C)c(C)o2)c1. The summed E-state index contributed by atoms with van der Waals surface area (Å²) >= 11 is 0. The van der Waals surface area contributed by atoms with E-state index in [1.165, 1.54) is 5.56 Å². The Bertz CT molecular complexity index is 501. The highest BCUT2D eigenvalue weighted by atomic mass is 16.5. The van der Waals surface area contributed by atoms with Crippen LogP contribution < -0.4 is 10.1 Å². The minimum atomic E-state index is 0.631. The summed E-state index contributed by atoms with van der Waals surface area (Å²) in [7, 11) is 1.67. The molecule has 0 aliphatic carbocycles. The summed E-state index contributed by atoms with van der Waals surface area (Å²) in [6.45, 7) is 5.27. The largest absolute Gasteiger partial charge is 0.497 e. The number of ether oxygens (including phenoxy) is 1. The van der Waals surface area contributed by atoms with Gasteiger partial charge in [-0.15, -0.1) is 0 Å². The van der Waals surface area contributed by atoms with Crippen LogP contribution in [0.4, 0.5) is 0 Å². The molecule has 0 spiro atoms. The highest BCUT2D eigenvalue weighted by molar-refractivity contribution is 5.28. The van der Waals surface area contributed by atoms with Crippen molar-refractivity contribution in [3.8, 4) is 5.75 Å². The van der Waals surface area contributed by atoms with Crippen LogP contribution in [0.3, 0.4) is 0 Å². The van der Waals surface area contributed by atoms with Crippen molar-refractivity contribution in [3.05, 3.63) is 47.2 Å². The molecule has 1 heterocycles. The summed E-state index contributed by atoms with van der Waals surface area (Å²) in [5.74, 6) is 2.48. The average Bonchev–Trinajstić information content (AvgIpc) is 2.69. The van der Waals surface area contributed by atoms with Crippen LogP contribution in [0.15, 0.2) is 28.7 Å². The third kappa shape index (κ3) is 3.11. The molecule has 0 saturated carbocycles. The second-order valence-electron chi connectivity index (χ2n) is 4.20. The molecule has 1 N–H and O–H groups in total. The quantitative estimate of drug-likeness (QED) is 0.881. The number of aromatic nitrogens is 1. The second-order valence-corrected chi connectivity index (χ2v) is 4.20. The molecule has 2 aromatic rings. The third-order valence-corrected chi connectivity index (χ3v) is 2.81. The van der Waals surface area contributed by atoms with Crippen LogP contribution >= 0.6 is 0 Å². The van der Waals surface area contributed by atoms with E-state index in [2.05, 4.69) is 16.4 Å². The number of hydrogen-bond acceptors (Lipinski definition) is 4. The number of rotatable bonds is 5. The molecule has 0 fully saturated rings. The van der Waals surface area contributed by atoms with E-state index >= 15 is 0 Å². The summed E-state index contributed by atoms with van der Waals surface area (Å²) in [5.41, 5.74) is 2.13. The summed E-state index contributed by atoms with van der Waals surface area (Å²) in [6, 6.07) is 7.99. The predicted molar refractivity (Wildman–Crippen MR) is 69.5 cm³/mol. The predicted octanol–water partition coefficient (Wildman–Crippen LogP) is 2.59. The molecule has 4 nitrogen and oxygen atoms in total. The first-order valence-electron chi connectivity index (χ1n) is 5.95. The fourth-order valence-corrected chi connectivity index (χ4v) is 1.71. The molecule has 0 bridgehead atoms. The van der Waals surface area contributed by atoms with Crippen molar-refractivity contribution in [3.63, 3.8) is 0 Å². The third-order valence-electron chi connectivity index (χ3n) is 2.81. The molecule has 4 heteroatoms. The molecule has 96 valence electrons. The lowest BCUT2D eigenvalue weighted by atomic mass is 10.2. The van der Waals surface area contributed by atoms with E-state index in [0.29, 0.717) is 6.54 Å². The molecule has 0 aliphatic heterocycles. The molecule has 1 aromatic heterocycles. The van der Waals surface area contributed by atoms with Crippen LogP contribution in [0.25, 0.3) is 0 Å². The van der Waals surface area contributed by atoms with Crippen LogP contribution in [0.1, 0.15) is 22.9 Å². The fraction of sp³-hybridized carbons (Fsp3) is 0.357. The smallest absolute Gasteiger partial charge is 0.208 e. The molecule has 18 heavy (non-hydrogen) atoms. The number of oxazole rings is 1. The van der Waals surface area contributed by atoms with Crippen molar-refractivity contribution in [2.45, 2.75) is 26.9 Å². The lowest BCUT2D eigenvalue weighted by Gasteiger charge is -2.05. The summed E-state index contributed by atoms with van der Waals surface area (Å²) in [4.78, 5) is 4.32. The van der Waals surface area contributed by atoms with Gasteiger partial charge in [-0.05, 0) is 31.5 Å². The van der Waals surface area contributed by atoms with Crippen molar-refractivity contribution in [1.29, 1.82) is 0 Å². The van der Waals surface area contributed by atoms with E-state index in [1.807, 2.05) is 32.0 Å². The topological polar surface area (TPSA) is 47.3 Å². The number of methoxy groups -OCH3 is 1. The summed E-state index contributed by atoms with van der Waals surface area (Å²) in [6.07, 6.45) is 0. The Balaban J connectivity index is 1.88. The first kappa shape index (κ1) is 12.6. The minimum Gasteiger partial charge on any atom is -0.497 e. The Kier molecular flexibility index (Phi) is 3.99. The zero-order valence-corrected chi connectivity index (χ0v) is 11.0. The van der Waals surface area contributed by atoms with Crippen LogP contribution in [0, 0.1) is 13.8 Å². The van der Waals surface area contributed by atoms with E-state index < -0.39 is 0 Å². The van der Waals surface area contributed by atoms with Gasteiger partial charge >= 0.3 is 0 Å². The maximum absolute atomic E-state index is 5.50. The van der Waals surface area contributed by atoms with Gasteiger partial charge in [0.15, 0.2) is 0 Å². The molecule has 0 saturated heterocycles. The first-order chi connectivity index (χ1) is 8.69. The lowest BCUT2D eigenvalue weighted by molar-refractivity contribution is 0.413. The van der Waals surface area contributed by atoms with Gasteiger partial charge in [0.2, 0.25) is 5.89 Å². The van der Waals surface area contributed by atoms with Gasteiger partial charge in [0, 0.05) is 6.54 Å². The Morgan fingerprint density at radius 3 is 2.78 bits per heavy atom. The van der Waals surface area contributed by atoms with Gasteiger partial charge < -0.3 is 14.5 Å². The Morgan fingerprint density at radius 1 is 1.28 bits per heavy atom. The van der Waals surface area contributed by atoms with Gasteiger partial charge in [-0.3, -0.25) is 0 Å². The van der Waals surface area contributed by atoms with Crippen LogP contribution in [0.5, 0.6) is 5.75 Å². The number of aryl methyl sites for hydroxylation is 2. The highest BCUT2D eigenvalue weighted by Gasteiger charge is 2.04. The maximum Gasteiger partial charge on any atom is 0.208 e. The second kappa shape index (κ2) is 5.69. The van der Waals surface area contributed by atoms with Crippen molar-refractivity contribution >= 4 is 0 Å². The summed E-state index contributed by atoms with van der Waals surface area (Å²) < 4.78 is 10.7. The van der Waals surface area contributed by atoms with Gasteiger partial charge in [0.1, 0.15) is 11.5 Å². The monoisotopic (exact) mass is 246 g/mol. The Labute approximate surface area is 107 Å². The zero-order valence-electron chi connectivity index (χ0n) is 11.0. The number of nitrogens with one attached hydrogen (secondary N) is 1. The fourth-order valence-electron chi connectivity index (χ4n) is 1.71. The maximum atomic E-state index is 5.50. The number of benzene rings is 1. The molecular weight excluding hydrogens is 228 g/mol. The molecule has 0 atom stereocenters. The van der Waals surface area contributed by atoms with Crippen molar-refractivity contribution < 1.29 is 9.15 Å². The van der Waals surface area contributed by atoms with E-state index in [-0.39, 0.29) is 0 Å². The van der Waals surface area contributed by atoms with E-state index in [1.54, 1.807) is 7.11 Å². The van der Waals surface area contributed by atoms with Crippen LogP contribution in [-0.2, 0) is 13.1 Å². The first-order valence-corrected chi connectivity index (χ1v) is 5.95. The lowest BCUT2D eigenvalue weighted by Crippen LogP contribution is -2.12. The Hall–Kier alpha value is -1.81. The van der Waals surface area contributed by atoms with Crippen molar-refractivity contribution in [1.82, 2.24) is 10.3 Å². The molecule has 0 unspecified atom stereocenters. The van der Waals surface area contributed by atoms with Gasteiger partial charge in [-0.25, -0.2) is 4.98 Å². The molecular formula is C14H18N2O2. The molecule has 0 amide bonds. The zero-order chi connectivity index (χ0) is 13.0. The number of hydrogen-bond donors (Lipinski definition) is 1. The molecule has 2 rings (SSSR count). The van der Waals surface area contributed by atoms with E-state index in [4.69, 9.17) is 9.15 Å².